The summed E-state index contributed by atoms with van der Waals surface area (Å²) < 4.78 is 12.1. The van der Waals surface area contributed by atoms with Gasteiger partial charge < -0.3 is 24.2 Å². The Morgan fingerprint density at radius 3 is 2.49 bits per heavy atom. The van der Waals surface area contributed by atoms with Crippen molar-refractivity contribution in [2.45, 2.75) is 57.2 Å². The molecule has 0 N–H and O–H groups in total. The summed E-state index contributed by atoms with van der Waals surface area (Å²) in [7, 11) is 0. The Balaban J connectivity index is 1.02. The van der Waals surface area contributed by atoms with Gasteiger partial charge in [-0.25, -0.2) is 0 Å². The number of ether oxygens (including phenoxy) is 2. The van der Waals surface area contributed by atoms with Gasteiger partial charge in [0.1, 0.15) is 12.4 Å². The van der Waals surface area contributed by atoms with Gasteiger partial charge in [-0.15, -0.1) is 0 Å². The first-order chi connectivity index (χ1) is 24.0. The Bertz CT molecular complexity index is 1690. The van der Waals surface area contributed by atoms with Crippen molar-refractivity contribution in [3.63, 3.8) is 0 Å². The number of piperazine rings is 1. The van der Waals surface area contributed by atoms with Gasteiger partial charge in [0.15, 0.2) is 0 Å². The van der Waals surface area contributed by atoms with Crippen molar-refractivity contribution in [2.75, 3.05) is 88.5 Å². The molecule has 1 aromatic heterocycles. The van der Waals surface area contributed by atoms with Crippen molar-refractivity contribution in [1.82, 2.24) is 24.7 Å². The molecule has 10 nitrogen and oxygen atoms in total. The average Bonchev–Trinajstić information content (AvgIpc) is 3.73. The number of rotatable bonds is 8. The molecule has 0 radical (unpaired) electrons. The topological polar surface area (TPSA) is 77.5 Å². The molecule has 5 aliphatic heterocycles. The summed E-state index contributed by atoms with van der Waals surface area (Å²) in [6.45, 7) is 12.7. The van der Waals surface area contributed by atoms with E-state index in [1.54, 1.807) is 6.08 Å². The predicted octanol–water partition coefficient (Wildman–Crippen LogP) is 4.78. The van der Waals surface area contributed by atoms with E-state index in [2.05, 4.69) is 50.8 Å². The quantitative estimate of drug-likeness (QED) is 0.312. The number of anilines is 2. The van der Waals surface area contributed by atoms with E-state index in [4.69, 9.17) is 31.0 Å². The van der Waals surface area contributed by atoms with E-state index in [9.17, 15) is 4.79 Å². The molecule has 1 amide bonds. The van der Waals surface area contributed by atoms with Crippen molar-refractivity contribution in [3.8, 4) is 6.01 Å². The minimum absolute atomic E-state index is 0.0785. The summed E-state index contributed by atoms with van der Waals surface area (Å²) >= 11 is 6.76. The van der Waals surface area contributed by atoms with Gasteiger partial charge in [0, 0.05) is 74.6 Å². The Hall–Kier alpha value is -3.44. The summed E-state index contributed by atoms with van der Waals surface area (Å²) in [5, 5.41) is 2.98. The lowest BCUT2D eigenvalue weighted by molar-refractivity contribution is -0.126. The fourth-order valence-corrected chi connectivity index (χ4v) is 8.97. The Morgan fingerprint density at radius 2 is 1.71 bits per heavy atom. The van der Waals surface area contributed by atoms with Gasteiger partial charge in [-0.1, -0.05) is 41.9 Å². The van der Waals surface area contributed by atoms with E-state index in [1.165, 1.54) is 31.2 Å². The summed E-state index contributed by atoms with van der Waals surface area (Å²) in [5.41, 5.74) is 3.45. The van der Waals surface area contributed by atoms with E-state index in [1.807, 2.05) is 23.1 Å². The number of morpholine rings is 1. The molecule has 11 heteroatoms. The van der Waals surface area contributed by atoms with Crippen LogP contribution in [-0.2, 0) is 22.5 Å². The van der Waals surface area contributed by atoms with Crippen molar-refractivity contribution < 1.29 is 14.3 Å². The third kappa shape index (κ3) is 6.60. The van der Waals surface area contributed by atoms with Crippen molar-refractivity contribution >= 4 is 39.8 Å². The highest BCUT2D eigenvalue weighted by atomic mass is 35.5. The first-order valence-corrected chi connectivity index (χ1v) is 18.6. The third-order valence-electron chi connectivity index (χ3n) is 11.5. The van der Waals surface area contributed by atoms with Crippen LogP contribution in [0, 0.1) is 0 Å². The van der Waals surface area contributed by atoms with Crippen LogP contribution >= 0.6 is 11.6 Å². The van der Waals surface area contributed by atoms with E-state index in [-0.39, 0.29) is 17.5 Å². The zero-order valence-corrected chi connectivity index (χ0v) is 29.4. The molecule has 2 aromatic carbocycles. The number of halogens is 1. The van der Waals surface area contributed by atoms with Gasteiger partial charge in [-0.2, -0.15) is 9.97 Å². The number of carbonyl (C=O) groups excluding carboxylic acids is 1. The molecule has 8 rings (SSSR count). The van der Waals surface area contributed by atoms with E-state index < -0.39 is 0 Å². The average molecular weight is 686 g/mol. The number of aromatic nitrogens is 2. The predicted molar refractivity (Wildman–Crippen MR) is 194 cm³/mol. The fourth-order valence-electron chi connectivity index (χ4n) is 8.69. The van der Waals surface area contributed by atoms with Gasteiger partial charge >= 0.3 is 6.01 Å². The first kappa shape index (κ1) is 32.7. The van der Waals surface area contributed by atoms with Crippen LogP contribution in [0.1, 0.15) is 43.9 Å². The molecular formula is C38H48ClN7O3. The van der Waals surface area contributed by atoms with Gasteiger partial charge in [-0.3, -0.25) is 14.6 Å². The number of fused-ring (bicyclic) bond motifs is 3. The lowest BCUT2D eigenvalue weighted by atomic mass is 9.95. The second-order valence-corrected chi connectivity index (χ2v) is 14.7. The van der Waals surface area contributed by atoms with Gasteiger partial charge in [-0.05, 0) is 69.6 Å². The molecule has 1 atom stereocenters. The van der Waals surface area contributed by atoms with Crippen molar-refractivity contribution in [3.05, 3.63) is 64.8 Å². The zero-order chi connectivity index (χ0) is 33.4. The van der Waals surface area contributed by atoms with Crippen LogP contribution in [0.3, 0.4) is 0 Å². The molecule has 5 aliphatic rings. The molecule has 4 fully saturated rings. The Morgan fingerprint density at radius 1 is 0.959 bits per heavy atom. The summed E-state index contributed by atoms with van der Waals surface area (Å²) in [4.78, 5) is 35.1. The molecule has 1 unspecified atom stereocenters. The minimum Gasteiger partial charge on any atom is -0.461 e. The number of hydrogen-bond acceptors (Lipinski definition) is 9. The zero-order valence-electron chi connectivity index (χ0n) is 28.7. The number of carbonyl (C=O) groups is 1. The van der Waals surface area contributed by atoms with Crippen LogP contribution in [0.25, 0.3) is 10.8 Å². The van der Waals surface area contributed by atoms with Crippen LogP contribution in [0.5, 0.6) is 6.01 Å². The van der Waals surface area contributed by atoms with Crippen LogP contribution in [0.2, 0.25) is 5.02 Å². The smallest absolute Gasteiger partial charge is 0.318 e. The first-order valence-electron chi connectivity index (χ1n) is 18.2. The third-order valence-corrected chi connectivity index (χ3v) is 11.8. The number of hydrogen-bond donors (Lipinski definition) is 0. The maximum Gasteiger partial charge on any atom is 0.318 e. The second-order valence-electron chi connectivity index (χ2n) is 14.3. The van der Waals surface area contributed by atoms with Crippen molar-refractivity contribution in [1.29, 1.82) is 0 Å². The molecule has 0 aliphatic carbocycles. The fraction of sp³-hybridized carbons (Fsp3) is 0.553. The number of benzene rings is 2. The van der Waals surface area contributed by atoms with Gasteiger partial charge in [0.2, 0.25) is 5.91 Å². The number of nitrogens with zero attached hydrogens (tertiary/aromatic N) is 7. The monoisotopic (exact) mass is 685 g/mol. The van der Waals surface area contributed by atoms with Crippen LogP contribution < -0.4 is 14.5 Å². The minimum atomic E-state index is 0.0785. The Labute approximate surface area is 294 Å². The van der Waals surface area contributed by atoms with Crippen molar-refractivity contribution in [2.24, 2.45) is 0 Å². The molecule has 0 spiro atoms. The van der Waals surface area contributed by atoms with Gasteiger partial charge in [0.05, 0.1) is 36.0 Å². The normalized spacial score (nSPS) is 22.1. The molecule has 6 heterocycles. The van der Waals surface area contributed by atoms with E-state index >= 15 is 0 Å². The van der Waals surface area contributed by atoms with Crippen LogP contribution in [0.15, 0.2) is 48.6 Å². The van der Waals surface area contributed by atoms with Crippen LogP contribution in [0.4, 0.5) is 11.5 Å². The largest absolute Gasteiger partial charge is 0.461 e. The highest BCUT2D eigenvalue weighted by Crippen LogP contribution is 2.40. The standard InChI is InChI=1S/C38H48ClN7O3/c1-28(42-22-24-48-25-23-42)10-11-34(47)43-18-20-44(21-19-43)36-30-12-17-45(33-9-3-7-29-6-2-8-31(39)35(29)33)26-32(30)40-37(41-36)49-27-38-13-4-15-46(38)16-5-14-38/h2-3,6-11,28H,4-5,12-27H2,1H3/b11-10+. The molecular weight excluding hydrogens is 638 g/mol. The van der Waals surface area contributed by atoms with E-state index in [0.29, 0.717) is 32.3 Å². The summed E-state index contributed by atoms with van der Waals surface area (Å²) in [6.07, 6.45) is 9.43. The number of amides is 1. The summed E-state index contributed by atoms with van der Waals surface area (Å²) in [6, 6.07) is 13.2. The van der Waals surface area contributed by atoms with E-state index in [0.717, 1.165) is 98.4 Å². The maximum absolute atomic E-state index is 13.2. The molecule has 0 bridgehead atoms. The molecule has 49 heavy (non-hydrogen) atoms. The lowest BCUT2D eigenvalue weighted by Gasteiger charge is -2.38. The molecule has 3 aromatic rings. The highest BCUT2D eigenvalue weighted by Gasteiger charge is 2.45. The SMILES string of the molecule is CC(/C=C/C(=O)N1CCN(c2nc(OCC34CCCN3CCC4)nc3c2CCN(c2cccc4cccc(Cl)c24)C3)CC1)N1CCOCC1. The van der Waals surface area contributed by atoms with Crippen LogP contribution in [-0.4, -0.2) is 121 Å². The highest BCUT2D eigenvalue weighted by molar-refractivity contribution is 6.36. The molecule has 4 saturated heterocycles. The maximum atomic E-state index is 13.2. The molecule has 0 saturated carbocycles. The molecule has 260 valence electrons. The Kier molecular flexibility index (Phi) is 9.39. The summed E-state index contributed by atoms with van der Waals surface area (Å²) in [5.74, 6) is 1.04. The van der Waals surface area contributed by atoms with Gasteiger partial charge in [0.25, 0.3) is 0 Å². The lowest BCUT2D eigenvalue weighted by Crippen LogP contribution is -2.49. The second kappa shape index (κ2) is 14.1.